The van der Waals surface area contributed by atoms with Gasteiger partial charge < -0.3 is 4.74 Å². The minimum atomic E-state index is -4.06. The molecule has 0 saturated heterocycles. The van der Waals surface area contributed by atoms with Crippen molar-refractivity contribution >= 4 is 51.0 Å². The third-order valence-corrected chi connectivity index (χ3v) is 8.16. The van der Waals surface area contributed by atoms with Gasteiger partial charge in [0.1, 0.15) is 18.9 Å². The Kier molecular flexibility index (Phi) is 9.24. The monoisotopic (exact) mass is 581 g/mol. The second-order valence-electron chi connectivity index (χ2n) is 8.49. The predicted octanol–water partition coefficient (Wildman–Crippen LogP) is 6.23. The van der Waals surface area contributed by atoms with Crippen LogP contribution >= 0.6 is 23.2 Å². The highest BCUT2D eigenvalue weighted by Crippen LogP contribution is 2.30. The van der Waals surface area contributed by atoms with E-state index in [2.05, 4.69) is 10.5 Å². The van der Waals surface area contributed by atoms with Gasteiger partial charge >= 0.3 is 0 Å². The van der Waals surface area contributed by atoms with Crippen molar-refractivity contribution in [3.8, 4) is 5.75 Å². The number of anilines is 1. The van der Waals surface area contributed by atoms with Crippen LogP contribution < -0.4 is 14.5 Å². The largest absolute Gasteiger partial charge is 0.489 e. The van der Waals surface area contributed by atoms with E-state index in [4.69, 9.17) is 27.9 Å². The molecule has 0 saturated carbocycles. The number of carbonyl (C=O) groups excluding carboxylic acids is 1. The number of nitrogens with zero attached hydrogens (tertiary/aromatic N) is 2. The molecule has 0 fully saturated rings. The summed E-state index contributed by atoms with van der Waals surface area (Å²) in [4.78, 5) is 12.8. The lowest BCUT2D eigenvalue weighted by atomic mass is 10.2. The van der Waals surface area contributed by atoms with Crippen LogP contribution in [0.2, 0.25) is 10.0 Å². The lowest BCUT2D eigenvalue weighted by Gasteiger charge is -2.25. The molecule has 4 rings (SSSR count). The Morgan fingerprint density at radius 3 is 2.31 bits per heavy atom. The summed E-state index contributed by atoms with van der Waals surface area (Å²) in [6, 6.07) is 27.3. The predicted molar refractivity (Wildman–Crippen MR) is 155 cm³/mol. The van der Waals surface area contributed by atoms with Crippen molar-refractivity contribution in [2.24, 2.45) is 5.10 Å². The van der Waals surface area contributed by atoms with Crippen molar-refractivity contribution in [2.75, 3.05) is 10.8 Å². The summed E-state index contributed by atoms with van der Waals surface area (Å²) in [5, 5.41) is 5.04. The Morgan fingerprint density at radius 1 is 0.923 bits per heavy atom. The fraction of sp³-hybridized carbons (Fsp3) is 0.103. The lowest BCUT2D eigenvalue weighted by molar-refractivity contribution is -0.119. The van der Waals surface area contributed by atoms with Crippen LogP contribution in [0.25, 0.3) is 0 Å². The number of sulfonamides is 1. The molecule has 1 amide bonds. The molecule has 0 unspecified atom stereocenters. The maximum absolute atomic E-state index is 13.5. The van der Waals surface area contributed by atoms with Gasteiger partial charge in [-0.3, -0.25) is 9.10 Å². The summed E-state index contributed by atoms with van der Waals surface area (Å²) in [7, 11) is -4.06. The molecule has 200 valence electrons. The zero-order chi connectivity index (χ0) is 27.8. The maximum atomic E-state index is 13.5. The molecule has 0 aliphatic heterocycles. The normalized spacial score (nSPS) is 11.4. The first-order valence-electron chi connectivity index (χ1n) is 11.9. The molecule has 0 atom stereocenters. The second-order valence-corrected chi connectivity index (χ2v) is 11.2. The van der Waals surface area contributed by atoms with Gasteiger partial charge in [-0.05, 0) is 84.3 Å². The zero-order valence-electron chi connectivity index (χ0n) is 20.9. The van der Waals surface area contributed by atoms with Crippen LogP contribution in [0, 0.1) is 6.92 Å². The number of hydrogen-bond donors (Lipinski definition) is 1. The van der Waals surface area contributed by atoms with E-state index in [-0.39, 0.29) is 4.90 Å². The summed E-state index contributed by atoms with van der Waals surface area (Å²) in [6.45, 7) is 1.60. The van der Waals surface area contributed by atoms with Gasteiger partial charge in [-0.15, -0.1) is 0 Å². The minimum Gasteiger partial charge on any atom is -0.489 e. The van der Waals surface area contributed by atoms with Gasteiger partial charge in [0.2, 0.25) is 0 Å². The van der Waals surface area contributed by atoms with E-state index in [1.807, 2.05) is 12.1 Å². The number of carbonyl (C=O) groups is 1. The number of rotatable bonds is 10. The van der Waals surface area contributed by atoms with E-state index in [0.717, 1.165) is 9.87 Å². The first-order valence-corrected chi connectivity index (χ1v) is 14.1. The van der Waals surface area contributed by atoms with Crippen molar-refractivity contribution in [1.29, 1.82) is 0 Å². The average molecular weight is 583 g/mol. The quantitative estimate of drug-likeness (QED) is 0.178. The van der Waals surface area contributed by atoms with Gasteiger partial charge in [-0.1, -0.05) is 59.6 Å². The van der Waals surface area contributed by atoms with Gasteiger partial charge in [-0.25, -0.2) is 13.8 Å². The summed E-state index contributed by atoms with van der Waals surface area (Å²) >= 11 is 12.2. The number of nitrogens with one attached hydrogen (secondary N) is 1. The van der Waals surface area contributed by atoms with Crippen molar-refractivity contribution in [3.63, 3.8) is 0 Å². The first-order chi connectivity index (χ1) is 18.7. The highest BCUT2D eigenvalue weighted by atomic mass is 35.5. The molecule has 0 aliphatic rings. The smallest absolute Gasteiger partial charge is 0.264 e. The molecule has 1 N–H and O–H groups in total. The molecular weight excluding hydrogens is 557 g/mol. The van der Waals surface area contributed by atoms with Crippen molar-refractivity contribution in [1.82, 2.24) is 5.43 Å². The van der Waals surface area contributed by atoms with Crippen LogP contribution in [0.15, 0.2) is 107 Å². The van der Waals surface area contributed by atoms with Crippen LogP contribution in [-0.2, 0) is 21.4 Å². The topological polar surface area (TPSA) is 88.1 Å². The van der Waals surface area contributed by atoms with Crippen LogP contribution in [-0.4, -0.2) is 27.1 Å². The van der Waals surface area contributed by atoms with E-state index in [1.165, 1.54) is 18.3 Å². The second kappa shape index (κ2) is 12.8. The van der Waals surface area contributed by atoms with Crippen molar-refractivity contribution < 1.29 is 17.9 Å². The number of ether oxygens (including phenoxy) is 1. The van der Waals surface area contributed by atoms with Gasteiger partial charge in [0, 0.05) is 10.0 Å². The molecule has 10 heteroatoms. The SMILES string of the molecule is Cc1c(Cl)cccc1N(CC(=O)N/N=C\c1ccc(OCc2ccc(Cl)cc2)cc1)S(=O)(=O)c1ccccc1. The van der Waals surface area contributed by atoms with Gasteiger partial charge in [0.05, 0.1) is 16.8 Å². The molecule has 4 aromatic carbocycles. The molecule has 0 radical (unpaired) electrons. The summed E-state index contributed by atoms with van der Waals surface area (Å²) in [6.07, 6.45) is 1.46. The zero-order valence-corrected chi connectivity index (χ0v) is 23.2. The highest BCUT2D eigenvalue weighted by molar-refractivity contribution is 7.92. The lowest BCUT2D eigenvalue weighted by Crippen LogP contribution is -2.40. The Hall–Kier alpha value is -3.85. The fourth-order valence-corrected chi connectivity index (χ4v) is 5.42. The Labute approximate surface area is 237 Å². The van der Waals surface area contributed by atoms with Crippen LogP contribution in [0.5, 0.6) is 5.75 Å². The molecule has 7 nitrogen and oxygen atoms in total. The Balaban J connectivity index is 1.42. The third-order valence-electron chi connectivity index (χ3n) is 5.73. The van der Waals surface area contributed by atoms with Gasteiger partial charge in [-0.2, -0.15) is 5.10 Å². The standard InChI is InChI=1S/C29H25Cl2N3O4S/c1-21-27(31)8-5-9-28(21)34(39(36,37)26-6-3-2-4-7-26)19-29(35)33-32-18-22-12-16-25(17-13-22)38-20-23-10-14-24(30)15-11-23/h2-18H,19-20H2,1H3,(H,33,35)/b32-18-. The van der Waals surface area contributed by atoms with Gasteiger partial charge in [0.15, 0.2) is 0 Å². The maximum Gasteiger partial charge on any atom is 0.264 e. The molecule has 0 aromatic heterocycles. The molecule has 0 aliphatic carbocycles. The van der Waals surface area contributed by atoms with Crippen LogP contribution in [0.3, 0.4) is 0 Å². The number of benzene rings is 4. The molecule has 0 heterocycles. The van der Waals surface area contributed by atoms with E-state index in [1.54, 1.807) is 79.7 Å². The number of hydrazone groups is 1. The van der Waals surface area contributed by atoms with Crippen LogP contribution in [0.1, 0.15) is 16.7 Å². The van der Waals surface area contributed by atoms with E-state index in [0.29, 0.717) is 39.2 Å². The Bertz CT molecular complexity index is 1560. The van der Waals surface area contributed by atoms with E-state index < -0.39 is 22.5 Å². The van der Waals surface area contributed by atoms with Crippen LogP contribution in [0.4, 0.5) is 5.69 Å². The average Bonchev–Trinajstić information content (AvgIpc) is 2.94. The summed E-state index contributed by atoms with van der Waals surface area (Å²) < 4.78 is 33.7. The molecule has 39 heavy (non-hydrogen) atoms. The van der Waals surface area contributed by atoms with Gasteiger partial charge in [0.25, 0.3) is 15.9 Å². The summed E-state index contributed by atoms with van der Waals surface area (Å²) in [5.74, 6) is 0.0536. The fourth-order valence-electron chi connectivity index (χ4n) is 3.63. The van der Waals surface area contributed by atoms with Crippen molar-refractivity contribution in [3.05, 3.63) is 124 Å². The van der Waals surface area contributed by atoms with E-state index >= 15 is 0 Å². The van der Waals surface area contributed by atoms with E-state index in [9.17, 15) is 13.2 Å². The number of amides is 1. The highest BCUT2D eigenvalue weighted by Gasteiger charge is 2.28. The summed E-state index contributed by atoms with van der Waals surface area (Å²) in [5.41, 5.74) is 4.95. The molecule has 0 bridgehead atoms. The molecular formula is C29H25Cl2N3O4S. The van der Waals surface area contributed by atoms with Crippen molar-refractivity contribution in [2.45, 2.75) is 18.4 Å². The first kappa shape index (κ1) is 28.2. The minimum absolute atomic E-state index is 0.0547. The molecule has 0 spiro atoms. The number of halogens is 2. The Morgan fingerprint density at radius 2 is 1.62 bits per heavy atom. The molecule has 4 aromatic rings. The third kappa shape index (κ3) is 7.38. The number of hydrogen-bond acceptors (Lipinski definition) is 5.